The van der Waals surface area contributed by atoms with Gasteiger partial charge < -0.3 is 4.90 Å². The Morgan fingerprint density at radius 3 is 2.65 bits per heavy atom. The fraction of sp³-hybridized carbons (Fsp3) is 0.316. The summed E-state index contributed by atoms with van der Waals surface area (Å²) in [5, 5.41) is 0. The van der Waals surface area contributed by atoms with E-state index < -0.39 is 10.0 Å². The van der Waals surface area contributed by atoms with Gasteiger partial charge in [0.1, 0.15) is 4.90 Å². The molecule has 26 heavy (non-hydrogen) atoms. The number of aryl methyl sites for hydroxylation is 1. The van der Waals surface area contributed by atoms with Crippen molar-refractivity contribution in [3.8, 4) is 0 Å². The lowest BCUT2D eigenvalue weighted by Gasteiger charge is -2.23. The van der Waals surface area contributed by atoms with Crippen molar-refractivity contribution in [2.75, 3.05) is 9.62 Å². The van der Waals surface area contributed by atoms with Crippen molar-refractivity contribution >= 4 is 43.2 Å². The standard InChI is InChI=1S/C19H21BrN2O3S/c1-4-14-7-5-6-8-17(14)21-26(24,25)18-11-16(20)10-15-9-12(2)22(13(3)23)19(15)18/h5-8,10-12,21H,4,9H2,1-3H3/t12-/m1/s1. The number of para-hydroxylation sites is 1. The van der Waals surface area contributed by atoms with E-state index >= 15 is 0 Å². The van der Waals surface area contributed by atoms with Crippen LogP contribution in [0.3, 0.4) is 0 Å². The van der Waals surface area contributed by atoms with Crippen LogP contribution in [0.25, 0.3) is 0 Å². The zero-order valence-corrected chi connectivity index (χ0v) is 17.3. The Morgan fingerprint density at radius 1 is 1.31 bits per heavy atom. The molecule has 1 amide bonds. The van der Waals surface area contributed by atoms with Gasteiger partial charge in [-0.1, -0.05) is 41.1 Å². The molecule has 138 valence electrons. The average Bonchev–Trinajstić information content (AvgIpc) is 2.89. The number of halogens is 1. The van der Waals surface area contributed by atoms with E-state index in [2.05, 4.69) is 20.7 Å². The molecule has 1 N–H and O–H groups in total. The maximum atomic E-state index is 13.2. The van der Waals surface area contributed by atoms with Gasteiger partial charge >= 0.3 is 0 Å². The van der Waals surface area contributed by atoms with E-state index in [0.717, 1.165) is 11.1 Å². The maximum Gasteiger partial charge on any atom is 0.264 e. The molecule has 7 heteroatoms. The van der Waals surface area contributed by atoms with Crippen LogP contribution in [0.4, 0.5) is 11.4 Å². The number of hydrogen-bond donors (Lipinski definition) is 1. The first-order chi connectivity index (χ1) is 12.2. The van der Waals surface area contributed by atoms with Crippen LogP contribution in [-0.2, 0) is 27.7 Å². The molecule has 0 bridgehead atoms. The number of hydrogen-bond acceptors (Lipinski definition) is 3. The number of carbonyl (C=O) groups excluding carboxylic acids is 1. The molecule has 0 aromatic heterocycles. The van der Waals surface area contributed by atoms with Gasteiger partial charge in [0.15, 0.2) is 0 Å². The third kappa shape index (κ3) is 3.38. The van der Waals surface area contributed by atoms with Gasteiger partial charge in [0.25, 0.3) is 10.0 Å². The second kappa shape index (κ2) is 7.04. The minimum absolute atomic E-state index is 0.0753. The molecule has 0 spiro atoms. The predicted octanol–water partition coefficient (Wildman–Crippen LogP) is 4.11. The molecule has 3 rings (SSSR count). The van der Waals surface area contributed by atoms with Crippen molar-refractivity contribution in [2.24, 2.45) is 0 Å². The Morgan fingerprint density at radius 2 is 2.00 bits per heavy atom. The first-order valence-electron chi connectivity index (χ1n) is 8.47. The Kier molecular flexibility index (Phi) is 5.12. The van der Waals surface area contributed by atoms with E-state index in [-0.39, 0.29) is 16.8 Å². The summed E-state index contributed by atoms with van der Waals surface area (Å²) in [5.41, 5.74) is 2.81. The molecule has 0 unspecified atom stereocenters. The number of fused-ring (bicyclic) bond motifs is 1. The van der Waals surface area contributed by atoms with Crippen molar-refractivity contribution in [1.82, 2.24) is 0 Å². The quantitative estimate of drug-likeness (QED) is 0.783. The molecule has 0 fully saturated rings. The molecule has 0 saturated heterocycles. The second-order valence-corrected chi connectivity index (χ2v) is 9.04. The lowest BCUT2D eigenvalue weighted by Crippen LogP contribution is -2.34. The van der Waals surface area contributed by atoms with E-state index in [1.807, 2.05) is 32.0 Å². The van der Waals surface area contributed by atoms with Crippen LogP contribution in [-0.4, -0.2) is 20.4 Å². The molecule has 1 heterocycles. The molecule has 0 aliphatic carbocycles. The minimum Gasteiger partial charge on any atom is -0.308 e. The number of sulfonamides is 1. The lowest BCUT2D eigenvalue weighted by atomic mass is 10.1. The number of nitrogens with zero attached hydrogens (tertiary/aromatic N) is 1. The van der Waals surface area contributed by atoms with Gasteiger partial charge in [0.05, 0.1) is 11.4 Å². The highest BCUT2D eigenvalue weighted by Gasteiger charge is 2.35. The summed E-state index contributed by atoms with van der Waals surface area (Å²) in [6, 6.07) is 10.7. The van der Waals surface area contributed by atoms with Crippen molar-refractivity contribution in [1.29, 1.82) is 0 Å². The summed E-state index contributed by atoms with van der Waals surface area (Å²) in [6.07, 6.45) is 1.34. The average molecular weight is 437 g/mol. The molecular weight excluding hydrogens is 416 g/mol. The summed E-state index contributed by atoms with van der Waals surface area (Å²) in [7, 11) is -3.86. The number of benzene rings is 2. The highest BCUT2D eigenvalue weighted by molar-refractivity contribution is 9.10. The molecule has 2 aromatic carbocycles. The van der Waals surface area contributed by atoms with Gasteiger partial charge in [0.2, 0.25) is 5.91 Å². The molecule has 0 radical (unpaired) electrons. The van der Waals surface area contributed by atoms with Gasteiger partial charge in [-0.25, -0.2) is 8.42 Å². The summed E-state index contributed by atoms with van der Waals surface area (Å²) < 4.78 is 29.8. The lowest BCUT2D eigenvalue weighted by molar-refractivity contribution is -0.116. The summed E-state index contributed by atoms with van der Waals surface area (Å²) >= 11 is 3.40. The third-order valence-electron chi connectivity index (χ3n) is 4.59. The maximum absolute atomic E-state index is 13.2. The van der Waals surface area contributed by atoms with Crippen molar-refractivity contribution < 1.29 is 13.2 Å². The minimum atomic E-state index is -3.86. The van der Waals surface area contributed by atoms with Crippen LogP contribution >= 0.6 is 15.9 Å². The largest absolute Gasteiger partial charge is 0.308 e. The van der Waals surface area contributed by atoms with Crippen LogP contribution in [0.1, 0.15) is 31.9 Å². The highest BCUT2D eigenvalue weighted by atomic mass is 79.9. The van der Waals surface area contributed by atoms with E-state index in [0.29, 0.717) is 28.7 Å². The van der Waals surface area contributed by atoms with Crippen molar-refractivity contribution in [3.05, 3.63) is 52.0 Å². The van der Waals surface area contributed by atoms with Crippen LogP contribution in [0.2, 0.25) is 0 Å². The fourth-order valence-corrected chi connectivity index (χ4v) is 5.51. The number of amides is 1. The molecule has 1 atom stereocenters. The van der Waals surface area contributed by atoms with Crippen LogP contribution in [0, 0.1) is 0 Å². The normalized spacial score (nSPS) is 16.5. The first-order valence-corrected chi connectivity index (χ1v) is 10.7. The molecule has 1 aliphatic heterocycles. The predicted molar refractivity (Wildman–Crippen MR) is 107 cm³/mol. The summed E-state index contributed by atoms with van der Waals surface area (Å²) in [4.78, 5) is 13.8. The molecule has 0 saturated carbocycles. The molecular formula is C19H21BrN2O3S. The van der Waals surface area contributed by atoms with Gasteiger partial charge in [-0.3, -0.25) is 9.52 Å². The topological polar surface area (TPSA) is 66.5 Å². The molecule has 2 aromatic rings. The number of anilines is 2. The van der Waals surface area contributed by atoms with E-state index in [4.69, 9.17) is 0 Å². The zero-order valence-electron chi connectivity index (χ0n) is 14.9. The van der Waals surface area contributed by atoms with E-state index in [1.54, 1.807) is 23.1 Å². The Hall–Kier alpha value is -1.86. The fourth-order valence-electron chi connectivity index (χ4n) is 3.49. The van der Waals surface area contributed by atoms with Crippen LogP contribution < -0.4 is 9.62 Å². The second-order valence-electron chi connectivity index (χ2n) is 6.47. The van der Waals surface area contributed by atoms with Gasteiger partial charge in [-0.05, 0) is 49.1 Å². The van der Waals surface area contributed by atoms with E-state index in [1.165, 1.54) is 6.92 Å². The smallest absolute Gasteiger partial charge is 0.264 e. The van der Waals surface area contributed by atoms with Crippen molar-refractivity contribution in [3.63, 3.8) is 0 Å². The number of nitrogens with one attached hydrogen (secondary N) is 1. The number of rotatable bonds is 4. The van der Waals surface area contributed by atoms with Gasteiger partial charge in [-0.2, -0.15) is 0 Å². The van der Waals surface area contributed by atoms with Crippen LogP contribution in [0.15, 0.2) is 45.8 Å². The monoisotopic (exact) mass is 436 g/mol. The van der Waals surface area contributed by atoms with Crippen LogP contribution in [0.5, 0.6) is 0 Å². The first kappa shape index (κ1) is 18.9. The summed E-state index contributed by atoms with van der Waals surface area (Å²) in [6.45, 7) is 5.36. The Labute approximate surface area is 162 Å². The number of carbonyl (C=O) groups is 1. The Balaban J connectivity index is 2.13. The third-order valence-corrected chi connectivity index (χ3v) is 6.42. The van der Waals surface area contributed by atoms with Gasteiger partial charge in [-0.15, -0.1) is 0 Å². The van der Waals surface area contributed by atoms with Gasteiger partial charge in [0, 0.05) is 17.4 Å². The Bertz CT molecular complexity index is 973. The molecule has 1 aliphatic rings. The zero-order chi connectivity index (χ0) is 19.1. The van der Waals surface area contributed by atoms with E-state index in [9.17, 15) is 13.2 Å². The molecule has 5 nitrogen and oxygen atoms in total. The SMILES string of the molecule is CCc1ccccc1NS(=O)(=O)c1cc(Br)cc2c1N(C(C)=O)[C@H](C)C2. The van der Waals surface area contributed by atoms with Crippen molar-refractivity contribution in [2.45, 2.75) is 44.6 Å². The highest BCUT2D eigenvalue weighted by Crippen LogP contribution is 2.40. The summed E-state index contributed by atoms with van der Waals surface area (Å²) in [5.74, 6) is -0.163.